The van der Waals surface area contributed by atoms with Crippen LogP contribution in [0.25, 0.3) is 0 Å². The van der Waals surface area contributed by atoms with E-state index in [0.717, 1.165) is 30.4 Å². The second kappa shape index (κ2) is 14.2. The number of rotatable bonds is 13. The number of amides is 2. The van der Waals surface area contributed by atoms with E-state index in [1.54, 1.807) is 5.48 Å². The van der Waals surface area contributed by atoms with Gasteiger partial charge in [0.25, 0.3) is 0 Å². The highest BCUT2D eigenvalue weighted by Gasteiger charge is 2.26. The molecule has 2 rings (SSSR count). The van der Waals surface area contributed by atoms with Crippen molar-refractivity contribution < 1.29 is 24.3 Å². The fraction of sp³-hybridized carbons (Fsp3) is 0.444. The van der Waals surface area contributed by atoms with Crippen LogP contribution in [0.1, 0.15) is 76.5 Å². The van der Waals surface area contributed by atoms with Crippen molar-refractivity contribution in [3.8, 4) is 0 Å². The number of esters is 1. The molecule has 2 aromatic rings. The molecular weight excluding hydrogens is 446 g/mol. The Morgan fingerprint density at radius 1 is 0.886 bits per heavy atom. The summed E-state index contributed by atoms with van der Waals surface area (Å²) in [6.07, 6.45) is 3.73. The summed E-state index contributed by atoms with van der Waals surface area (Å²) < 4.78 is 5.61. The van der Waals surface area contributed by atoms with Crippen molar-refractivity contribution in [2.75, 3.05) is 5.32 Å². The van der Waals surface area contributed by atoms with Crippen molar-refractivity contribution in [2.45, 2.75) is 77.5 Å². The topological polar surface area (TPSA) is 117 Å². The van der Waals surface area contributed by atoms with Gasteiger partial charge in [-0.2, -0.15) is 0 Å². The van der Waals surface area contributed by atoms with Gasteiger partial charge in [-0.15, -0.1) is 0 Å². The lowest BCUT2D eigenvalue weighted by atomic mass is 10.1. The highest BCUT2D eigenvalue weighted by molar-refractivity contribution is 5.90. The summed E-state index contributed by atoms with van der Waals surface area (Å²) >= 11 is 0. The van der Waals surface area contributed by atoms with E-state index < -0.39 is 17.6 Å². The van der Waals surface area contributed by atoms with Crippen LogP contribution in [0.15, 0.2) is 54.6 Å². The molecule has 2 aromatic carbocycles. The second-order valence-corrected chi connectivity index (χ2v) is 9.46. The second-order valence-electron chi connectivity index (χ2n) is 9.46. The van der Waals surface area contributed by atoms with E-state index in [1.165, 1.54) is 0 Å². The van der Waals surface area contributed by atoms with Crippen LogP contribution in [-0.4, -0.2) is 28.6 Å². The molecule has 0 spiro atoms. The number of hydrogen-bond acceptors (Lipinski definition) is 6. The third-order valence-electron chi connectivity index (χ3n) is 5.18. The molecule has 0 heterocycles. The molecule has 2 amide bonds. The molecule has 0 saturated heterocycles. The SMILES string of the molecule is CC(C)(C)OC(=O)[C@H](NCc1cccc(NC(=O)CCCCCCC(=O)NO)c1)c1ccccc1. The van der Waals surface area contributed by atoms with Gasteiger partial charge in [0.15, 0.2) is 0 Å². The standard InChI is InChI=1S/C27H37N3O5/c1-27(2,3)35-26(33)25(21-13-7-6-8-14-21)28-19-20-12-11-15-22(18-20)29-23(31)16-9-4-5-10-17-24(32)30-34/h6-8,11-15,18,25,28,34H,4-5,9-10,16-17,19H2,1-3H3,(H,29,31)(H,30,32)/t25-/m1/s1. The molecule has 0 aromatic heterocycles. The minimum atomic E-state index is -0.614. The van der Waals surface area contributed by atoms with Gasteiger partial charge in [0.2, 0.25) is 11.8 Å². The van der Waals surface area contributed by atoms with Gasteiger partial charge in [-0.05, 0) is 56.9 Å². The quantitative estimate of drug-likeness (QED) is 0.143. The predicted molar refractivity (Wildman–Crippen MR) is 135 cm³/mol. The van der Waals surface area contributed by atoms with Crippen LogP contribution in [0.5, 0.6) is 0 Å². The number of unbranched alkanes of at least 4 members (excludes halogenated alkanes) is 3. The van der Waals surface area contributed by atoms with E-state index in [-0.39, 0.29) is 18.3 Å². The Bertz CT molecular complexity index is 957. The summed E-state index contributed by atoms with van der Waals surface area (Å²) in [5, 5.41) is 14.7. The lowest BCUT2D eigenvalue weighted by Crippen LogP contribution is -2.34. The Hall–Kier alpha value is -3.23. The first kappa shape index (κ1) is 28.0. The van der Waals surface area contributed by atoms with Gasteiger partial charge >= 0.3 is 5.97 Å². The number of hydroxylamine groups is 1. The first-order valence-corrected chi connectivity index (χ1v) is 12.0. The minimum absolute atomic E-state index is 0.0703. The molecule has 0 aliphatic carbocycles. The number of anilines is 1. The van der Waals surface area contributed by atoms with Crippen LogP contribution in [0.4, 0.5) is 5.69 Å². The Balaban J connectivity index is 1.87. The number of ether oxygens (including phenoxy) is 1. The summed E-state index contributed by atoms with van der Waals surface area (Å²) in [5.74, 6) is -0.803. The Morgan fingerprint density at radius 3 is 2.17 bits per heavy atom. The average Bonchev–Trinajstić information content (AvgIpc) is 2.81. The molecule has 8 nitrogen and oxygen atoms in total. The van der Waals surface area contributed by atoms with E-state index in [0.29, 0.717) is 25.1 Å². The summed E-state index contributed by atoms with van der Waals surface area (Å²) in [6.45, 7) is 5.95. The summed E-state index contributed by atoms with van der Waals surface area (Å²) in [6, 6.07) is 16.3. The van der Waals surface area contributed by atoms with Crippen molar-refractivity contribution in [2.24, 2.45) is 0 Å². The molecule has 0 saturated carbocycles. The monoisotopic (exact) mass is 483 g/mol. The molecule has 0 fully saturated rings. The largest absolute Gasteiger partial charge is 0.459 e. The zero-order chi connectivity index (χ0) is 25.7. The van der Waals surface area contributed by atoms with E-state index >= 15 is 0 Å². The normalized spacial score (nSPS) is 12.0. The van der Waals surface area contributed by atoms with E-state index in [4.69, 9.17) is 9.94 Å². The Labute approximate surface area is 207 Å². The molecule has 4 N–H and O–H groups in total. The predicted octanol–water partition coefficient (Wildman–Crippen LogP) is 4.64. The van der Waals surface area contributed by atoms with Crippen molar-refractivity contribution in [3.63, 3.8) is 0 Å². The number of carbonyl (C=O) groups is 3. The molecule has 1 atom stereocenters. The molecule has 190 valence electrons. The van der Waals surface area contributed by atoms with Gasteiger partial charge in [0.1, 0.15) is 11.6 Å². The molecule has 8 heteroatoms. The van der Waals surface area contributed by atoms with Crippen LogP contribution < -0.4 is 16.1 Å². The van der Waals surface area contributed by atoms with E-state index in [2.05, 4.69) is 10.6 Å². The third-order valence-corrected chi connectivity index (χ3v) is 5.18. The first-order chi connectivity index (χ1) is 16.7. The van der Waals surface area contributed by atoms with Crippen LogP contribution in [0.3, 0.4) is 0 Å². The van der Waals surface area contributed by atoms with Crippen molar-refractivity contribution in [1.29, 1.82) is 0 Å². The molecule has 35 heavy (non-hydrogen) atoms. The minimum Gasteiger partial charge on any atom is -0.459 e. The van der Waals surface area contributed by atoms with Crippen molar-refractivity contribution in [3.05, 3.63) is 65.7 Å². The average molecular weight is 484 g/mol. The van der Waals surface area contributed by atoms with E-state index in [1.807, 2.05) is 75.4 Å². The summed E-state index contributed by atoms with van der Waals surface area (Å²) in [4.78, 5) is 36.1. The maximum absolute atomic E-state index is 12.8. The molecule has 0 unspecified atom stereocenters. The lowest BCUT2D eigenvalue weighted by molar-refractivity contribution is -0.157. The fourth-order valence-corrected chi connectivity index (χ4v) is 3.53. The number of carbonyl (C=O) groups excluding carboxylic acids is 3. The van der Waals surface area contributed by atoms with Crippen molar-refractivity contribution >= 4 is 23.5 Å². The number of hydrogen-bond donors (Lipinski definition) is 4. The van der Waals surface area contributed by atoms with Crippen LogP contribution in [0.2, 0.25) is 0 Å². The zero-order valence-electron chi connectivity index (χ0n) is 20.8. The Kier molecular flexibility index (Phi) is 11.4. The van der Waals surface area contributed by atoms with Gasteiger partial charge in [0, 0.05) is 25.1 Å². The van der Waals surface area contributed by atoms with Gasteiger partial charge < -0.3 is 10.1 Å². The van der Waals surface area contributed by atoms with Crippen LogP contribution in [-0.2, 0) is 25.7 Å². The van der Waals surface area contributed by atoms with Crippen LogP contribution in [0, 0.1) is 0 Å². The fourth-order valence-electron chi connectivity index (χ4n) is 3.53. The van der Waals surface area contributed by atoms with Gasteiger partial charge in [-0.3, -0.25) is 20.1 Å². The van der Waals surface area contributed by atoms with Gasteiger partial charge in [-0.25, -0.2) is 10.3 Å². The van der Waals surface area contributed by atoms with E-state index in [9.17, 15) is 14.4 Å². The highest BCUT2D eigenvalue weighted by Crippen LogP contribution is 2.20. The molecular formula is C27H37N3O5. The lowest BCUT2D eigenvalue weighted by Gasteiger charge is -2.25. The maximum Gasteiger partial charge on any atom is 0.328 e. The number of nitrogens with one attached hydrogen (secondary N) is 3. The maximum atomic E-state index is 12.8. The summed E-state index contributed by atoms with van der Waals surface area (Å²) in [5.41, 5.74) is 3.46. The van der Waals surface area contributed by atoms with Gasteiger partial charge in [-0.1, -0.05) is 55.3 Å². The highest BCUT2D eigenvalue weighted by atomic mass is 16.6. The van der Waals surface area contributed by atoms with Crippen LogP contribution >= 0.6 is 0 Å². The Morgan fingerprint density at radius 2 is 1.54 bits per heavy atom. The first-order valence-electron chi connectivity index (χ1n) is 12.0. The molecule has 0 aliphatic heterocycles. The molecule has 0 aliphatic rings. The van der Waals surface area contributed by atoms with Gasteiger partial charge in [0.05, 0.1) is 0 Å². The number of benzene rings is 2. The molecule has 0 radical (unpaired) electrons. The smallest absolute Gasteiger partial charge is 0.328 e. The van der Waals surface area contributed by atoms with Crippen molar-refractivity contribution in [1.82, 2.24) is 10.8 Å². The summed E-state index contributed by atoms with van der Waals surface area (Å²) in [7, 11) is 0. The zero-order valence-corrected chi connectivity index (χ0v) is 20.8. The molecule has 0 bridgehead atoms. The third kappa shape index (κ3) is 11.2.